The molecule has 1 aromatic rings. The van der Waals surface area contributed by atoms with E-state index in [0.29, 0.717) is 16.8 Å². The fourth-order valence-corrected chi connectivity index (χ4v) is 7.44. The number of thioether (sulfide) groups is 2. The molecule has 0 aromatic heterocycles. The Morgan fingerprint density at radius 2 is 1.84 bits per heavy atom. The largest absolute Gasteiger partial charge is 0.335 e. The van der Waals surface area contributed by atoms with Gasteiger partial charge in [0.25, 0.3) is 5.91 Å². The van der Waals surface area contributed by atoms with Crippen LogP contribution in [0.3, 0.4) is 0 Å². The Kier molecular flexibility index (Phi) is 5.88. The molecule has 6 heteroatoms. The van der Waals surface area contributed by atoms with Crippen LogP contribution in [0.5, 0.6) is 0 Å². The third kappa shape index (κ3) is 3.83. The molecule has 1 saturated heterocycles. The number of anilines is 1. The van der Waals surface area contributed by atoms with Crippen molar-refractivity contribution < 1.29 is 4.79 Å². The van der Waals surface area contributed by atoms with E-state index in [9.17, 15) is 4.79 Å². The van der Waals surface area contributed by atoms with Crippen molar-refractivity contribution in [3.63, 3.8) is 0 Å². The Labute approximate surface area is 198 Å². The number of rotatable bonds is 3. The van der Waals surface area contributed by atoms with E-state index in [1.807, 2.05) is 18.7 Å². The second-order valence-electron chi connectivity index (χ2n) is 8.21. The average molecular weight is 467 g/mol. The number of nitrogens with zero attached hydrogens (tertiary/aromatic N) is 2. The van der Waals surface area contributed by atoms with Crippen molar-refractivity contribution in [1.29, 1.82) is 0 Å². The zero-order valence-corrected chi connectivity index (χ0v) is 20.3. The molecule has 1 aromatic carbocycles. The first-order valence-electron chi connectivity index (χ1n) is 11.0. The molecule has 1 unspecified atom stereocenters. The quantitative estimate of drug-likeness (QED) is 0.367. The minimum absolute atomic E-state index is 0.0867. The molecule has 0 N–H and O–H groups in total. The number of hydrogen-bond acceptors (Lipinski definition) is 5. The van der Waals surface area contributed by atoms with Crippen LogP contribution in [-0.4, -0.2) is 28.2 Å². The lowest BCUT2D eigenvalue weighted by molar-refractivity contribution is -0.122. The number of hydrogen-bond donors (Lipinski definition) is 0. The van der Waals surface area contributed by atoms with E-state index < -0.39 is 0 Å². The molecular formula is C25H26N2OS3. The summed E-state index contributed by atoms with van der Waals surface area (Å²) < 4.78 is 0.692. The smallest absolute Gasteiger partial charge is 0.266 e. The van der Waals surface area contributed by atoms with Gasteiger partial charge in [-0.05, 0) is 80.4 Å². The first-order chi connectivity index (χ1) is 15.1. The van der Waals surface area contributed by atoms with Gasteiger partial charge in [0.1, 0.15) is 4.32 Å². The highest BCUT2D eigenvalue weighted by atomic mass is 32.2. The summed E-state index contributed by atoms with van der Waals surface area (Å²) in [6, 6.07) is 8.64. The van der Waals surface area contributed by atoms with Crippen LogP contribution in [0.4, 0.5) is 5.69 Å². The van der Waals surface area contributed by atoms with E-state index in [1.165, 1.54) is 50.5 Å². The number of amides is 1. The Morgan fingerprint density at radius 1 is 1.06 bits per heavy atom. The van der Waals surface area contributed by atoms with Crippen LogP contribution in [0.15, 0.2) is 74.0 Å². The number of allylic oxidation sites excluding steroid dienone is 6. The van der Waals surface area contributed by atoms with Crippen molar-refractivity contribution in [1.82, 2.24) is 4.90 Å². The highest BCUT2D eigenvalue weighted by Gasteiger charge is 2.34. The standard InChI is InChI=1S/C25H26N2OS3/c1-3-26-20-7-5-6-8-21(20)30-22(26)14-16-9-10-17-11-12-18(15-19(17)13-16)23-24(28)27(4-2)25(29)31-23/h5-8,13-15,17H,3-4,9-12H2,1-2H3. The summed E-state index contributed by atoms with van der Waals surface area (Å²) >= 11 is 8.76. The van der Waals surface area contributed by atoms with Gasteiger partial charge in [0, 0.05) is 18.0 Å². The summed E-state index contributed by atoms with van der Waals surface area (Å²) in [6.45, 7) is 5.81. The maximum atomic E-state index is 12.8. The van der Waals surface area contributed by atoms with E-state index >= 15 is 0 Å². The van der Waals surface area contributed by atoms with Crippen LogP contribution in [0, 0.1) is 5.92 Å². The lowest BCUT2D eigenvalue weighted by atomic mass is 9.77. The number of benzene rings is 1. The lowest BCUT2D eigenvalue weighted by Gasteiger charge is -2.29. The van der Waals surface area contributed by atoms with E-state index in [1.54, 1.807) is 4.90 Å². The molecule has 2 heterocycles. The Balaban J connectivity index is 1.45. The molecule has 0 radical (unpaired) electrons. The molecule has 4 aliphatic rings. The van der Waals surface area contributed by atoms with Crippen molar-refractivity contribution in [3.8, 4) is 0 Å². The van der Waals surface area contributed by atoms with E-state index in [2.05, 4.69) is 54.3 Å². The van der Waals surface area contributed by atoms with E-state index in [4.69, 9.17) is 12.2 Å². The molecule has 1 amide bonds. The molecule has 3 nitrogen and oxygen atoms in total. The van der Waals surface area contributed by atoms with Gasteiger partial charge in [-0.3, -0.25) is 9.69 Å². The van der Waals surface area contributed by atoms with Gasteiger partial charge in [0.05, 0.1) is 15.6 Å². The molecule has 5 rings (SSSR count). The van der Waals surface area contributed by atoms with Gasteiger partial charge in [0.2, 0.25) is 0 Å². The highest BCUT2D eigenvalue weighted by Crippen LogP contribution is 2.47. The third-order valence-corrected chi connectivity index (χ3v) is 9.05. The third-order valence-electron chi connectivity index (χ3n) is 6.43. The Hall–Kier alpha value is -1.76. The first-order valence-corrected chi connectivity index (χ1v) is 13.1. The summed E-state index contributed by atoms with van der Waals surface area (Å²) in [5.41, 5.74) is 5.25. The Morgan fingerprint density at radius 3 is 2.61 bits per heavy atom. The van der Waals surface area contributed by atoms with E-state index in [0.717, 1.165) is 30.7 Å². The predicted octanol–water partition coefficient (Wildman–Crippen LogP) is 6.65. The molecule has 0 bridgehead atoms. The average Bonchev–Trinajstić information content (AvgIpc) is 3.28. The molecule has 0 saturated carbocycles. The normalized spacial score (nSPS) is 26.9. The van der Waals surface area contributed by atoms with Crippen molar-refractivity contribution in [3.05, 3.63) is 69.1 Å². The number of likely N-dealkylation sites (N-methyl/N-ethyl adjacent to an activating group) is 1. The summed E-state index contributed by atoms with van der Waals surface area (Å²) in [7, 11) is 0. The zero-order chi connectivity index (χ0) is 21.5. The van der Waals surface area contributed by atoms with Crippen LogP contribution >= 0.6 is 35.7 Å². The fourth-order valence-electron chi connectivity index (χ4n) is 4.79. The molecule has 31 heavy (non-hydrogen) atoms. The number of para-hydroxylation sites is 1. The zero-order valence-electron chi connectivity index (χ0n) is 17.9. The molecular weight excluding hydrogens is 440 g/mol. The lowest BCUT2D eigenvalue weighted by Crippen LogP contribution is -2.27. The minimum atomic E-state index is 0.0867. The number of thiocarbonyl (C=S) groups is 1. The molecule has 160 valence electrons. The van der Waals surface area contributed by atoms with Crippen molar-refractivity contribution in [2.24, 2.45) is 5.92 Å². The Bertz CT molecular complexity index is 1080. The van der Waals surface area contributed by atoms with Crippen LogP contribution in [-0.2, 0) is 4.79 Å². The van der Waals surface area contributed by atoms with E-state index in [-0.39, 0.29) is 5.91 Å². The van der Waals surface area contributed by atoms with Gasteiger partial charge < -0.3 is 4.90 Å². The van der Waals surface area contributed by atoms with Crippen LogP contribution in [0.1, 0.15) is 39.5 Å². The topological polar surface area (TPSA) is 23.6 Å². The second-order valence-corrected chi connectivity index (χ2v) is 10.9. The summed E-state index contributed by atoms with van der Waals surface area (Å²) in [6.07, 6.45) is 11.4. The molecule has 0 spiro atoms. The second kappa shape index (κ2) is 8.64. The van der Waals surface area contributed by atoms with Crippen LogP contribution < -0.4 is 4.90 Å². The predicted molar refractivity (Wildman–Crippen MR) is 136 cm³/mol. The highest BCUT2D eigenvalue weighted by molar-refractivity contribution is 8.26. The van der Waals surface area contributed by atoms with Crippen molar-refractivity contribution >= 4 is 51.7 Å². The maximum absolute atomic E-state index is 12.8. The summed E-state index contributed by atoms with van der Waals surface area (Å²) in [4.78, 5) is 19.1. The van der Waals surface area contributed by atoms with Gasteiger partial charge in [-0.25, -0.2) is 0 Å². The first kappa shape index (κ1) is 21.1. The molecule has 1 atom stereocenters. The van der Waals surface area contributed by atoms with Gasteiger partial charge in [-0.2, -0.15) is 0 Å². The minimum Gasteiger partial charge on any atom is -0.335 e. The van der Waals surface area contributed by atoms with Gasteiger partial charge in [-0.1, -0.05) is 60.0 Å². The van der Waals surface area contributed by atoms with Gasteiger partial charge in [-0.15, -0.1) is 0 Å². The fraction of sp³-hybridized carbons (Fsp3) is 0.360. The molecule has 2 aliphatic heterocycles. The molecule has 1 fully saturated rings. The summed E-state index contributed by atoms with van der Waals surface area (Å²) in [5, 5.41) is 1.31. The number of carbonyl (C=O) groups excluding carboxylic acids is 1. The number of carbonyl (C=O) groups is 1. The SMILES string of the molecule is CCN1C(=O)C(=C2C=C3C=C(C=C4Sc5ccccc5N4CC)CCC3CC2)SC1=S. The maximum Gasteiger partial charge on any atom is 0.266 e. The molecule has 2 aliphatic carbocycles. The van der Waals surface area contributed by atoms with Gasteiger partial charge >= 0.3 is 0 Å². The van der Waals surface area contributed by atoms with Crippen LogP contribution in [0.2, 0.25) is 0 Å². The summed E-state index contributed by atoms with van der Waals surface area (Å²) in [5.74, 6) is 0.696. The van der Waals surface area contributed by atoms with Gasteiger partial charge in [0.15, 0.2) is 0 Å². The van der Waals surface area contributed by atoms with Crippen LogP contribution in [0.25, 0.3) is 0 Å². The monoisotopic (exact) mass is 466 g/mol. The van der Waals surface area contributed by atoms with Crippen molar-refractivity contribution in [2.45, 2.75) is 44.4 Å². The number of fused-ring (bicyclic) bond motifs is 2. The van der Waals surface area contributed by atoms with Crippen molar-refractivity contribution in [2.75, 3.05) is 18.0 Å².